The summed E-state index contributed by atoms with van der Waals surface area (Å²) in [7, 11) is 0. The number of nitriles is 1. The smallest absolute Gasteiger partial charge is 0.255 e. The molecule has 10 heteroatoms. The number of nitrogens with zero attached hydrogens (tertiary/aromatic N) is 4. The van der Waals surface area contributed by atoms with Crippen molar-refractivity contribution in [2.24, 2.45) is 0 Å². The summed E-state index contributed by atoms with van der Waals surface area (Å²) in [5.74, 6) is 0.540. The number of rotatable bonds is 6. The number of tetrazole rings is 1. The van der Waals surface area contributed by atoms with Crippen LogP contribution < -0.4 is 10.9 Å². The highest BCUT2D eigenvalue weighted by Crippen LogP contribution is 2.30. The number of anilines is 1. The Morgan fingerprint density at radius 2 is 1.90 bits per heavy atom. The summed E-state index contributed by atoms with van der Waals surface area (Å²) in [6, 6.07) is 19.4. The number of thioether (sulfide) groups is 1. The van der Waals surface area contributed by atoms with Crippen LogP contribution in [0.5, 0.6) is 0 Å². The van der Waals surface area contributed by atoms with Gasteiger partial charge in [0.25, 0.3) is 5.91 Å². The highest BCUT2D eigenvalue weighted by atomic mass is 32.2. The van der Waals surface area contributed by atoms with Gasteiger partial charge < -0.3 is 10.3 Å². The molecule has 4 aromatic rings. The second-order valence-electron chi connectivity index (χ2n) is 6.38. The van der Waals surface area contributed by atoms with Crippen LogP contribution in [0.25, 0.3) is 11.1 Å². The second kappa shape index (κ2) is 9.06. The van der Waals surface area contributed by atoms with Crippen molar-refractivity contribution in [2.45, 2.75) is 10.8 Å². The molecule has 152 valence electrons. The molecule has 0 aliphatic carbocycles. The summed E-state index contributed by atoms with van der Waals surface area (Å²) in [6.07, 6.45) is 0. The zero-order chi connectivity index (χ0) is 21.6. The zero-order valence-electron chi connectivity index (χ0n) is 16.0. The van der Waals surface area contributed by atoms with Gasteiger partial charge in [-0.25, -0.2) is 0 Å². The van der Waals surface area contributed by atoms with E-state index in [2.05, 4.69) is 37.0 Å². The van der Waals surface area contributed by atoms with Gasteiger partial charge in [-0.05, 0) is 29.8 Å². The van der Waals surface area contributed by atoms with Gasteiger partial charge in [0.15, 0.2) is 5.82 Å². The number of H-pyrrole nitrogens is 2. The van der Waals surface area contributed by atoms with E-state index in [9.17, 15) is 14.9 Å². The Hall–Kier alpha value is -4.23. The summed E-state index contributed by atoms with van der Waals surface area (Å²) in [5, 5.41) is 26.5. The molecule has 9 nitrogen and oxygen atoms in total. The van der Waals surface area contributed by atoms with Crippen molar-refractivity contribution in [1.29, 1.82) is 5.26 Å². The first-order valence-corrected chi connectivity index (χ1v) is 10.1. The third kappa shape index (κ3) is 4.68. The molecule has 0 atom stereocenters. The maximum absolute atomic E-state index is 12.4. The number of aromatic nitrogens is 5. The first kappa shape index (κ1) is 20.1. The maximum atomic E-state index is 12.4. The molecule has 0 saturated carbocycles. The summed E-state index contributed by atoms with van der Waals surface area (Å²) in [5.41, 5.74) is 2.28. The van der Waals surface area contributed by atoms with Crippen LogP contribution in [0.1, 0.15) is 21.7 Å². The van der Waals surface area contributed by atoms with Crippen molar-refractivity contribution in [3.8, 4) is 17.2 Å². The number of para-hydroxylation sites is 1. The van der Waals surface area contributed by atoms with Gasteiger partial charge in [0.1, 0.15) is 6.07 Å². The summed E-state index contributed by atoms with van der Waals surface area (Å²) >= 11 is 1.23. The fraction of sp³-hybridized carbons (Fsp3) is 0.0476. The molecule has 0 aliphatic heterocycles. The molecule has 0 aliphatic rings. The van der Waals surface area contributed by atoms with Crippen LogP contribution in [0.15, 0.2) is 70.5 Å². The Bertz CT molecular complexity index is 1290. The lowest BCUT2D eigenvalue weighted by Gasteiger charge is -2.10. The van der Waals surface area contributed by atoms with E-state index in [0.717, 1.165) is 0 Å². The first-order chi connectivity index (χ1) is 15.1. The van der Waals surface area contributed by atoms with Crippen molar-refractivity contribution >= 4 is 23.4 Å². The van der Waals surface area contributed by atoms with Crippen LogP contribution in [0.4, 0.5) is 5.69 Å². The summed E-state index contributed by atoms with van der Waals surface area (Å²) in [6.45, 7) is 0. The molecule has 0 spiro atoms. The Kier molecular flexibility index (Phi) is 5.86. The number of benzene rings is 2. The minimum absolute atomic E-state index is 0.250. The van der Waals surface area contributed by atoms with Crippen molar-refractivity contribution in [3.05, 3.63) is 88.0 Å². The number of nitrogens with one attached hydrogen (secondary N) is 3. The SMILES string of the molecule is N#Cc1c(-c2ccc(C(=O)Nc3ccccc3)cc2)cc(=O)[nH]c1SCc1nn[nH]n1. The molecule has 1 amide bonds. The molecule has 2 heterocycles. The van der Waals surface area contributed by atoms with E-state index < -0.39 is 0 Å². The Morgan fingerprint density at radius 1 is 1.13 bits per heavy atom. The number of pyridine rings is 1. The van der Waals surface area contributed by atoms with E-state index in [-0.39, 0.29) is 11.5 Å². The van der Waals surface area contributed by atoms with E-state index in [4.69, 9.17) is 0 Å². The lowest BCUT2D eigenvalue weighted by atomic mass is 10.0. The van der Waals surface area contributed by atoms with Crippen LogP contribution in [0.3, 0.4) is 0 Å². The fourth-order valence-electron chi connectivity index (χ4n) is 2.89. The fourth-order valence-corrected chi connectivity index (χ4v) is 3.76. The molecule has 0 saturated heterocycles. The number of aromatic amines is 2. The predicted octanol–water partition coefficient (Wildman–Crippen LogP) is 2.97. The average Bonchev–Trinajstić information content (AvgIpc) is 3.32. The van der Waals surface area contributed by atoms with Crippen LogP contribution in [0, 0.1) is 11.3 Å². The Morgan fingerprint density at radius 3 is 2.58 bits per heavy atom. The molecule has 31 heavy (non-hydrogen) atoms. The normalized spacial score (nSPS) is 10.4. The molecule has 0 unspecified atom stereocenters. The van der Waals surface area contributed by atoms with Crippen LogP contribution in [0.2, 0.25) is 0 Å². The van der Waals surface area contributed by atoms with Crippen molar-refractivity contribution < 1.29 is 4.79 Å². The van der Waals surface area contributed by atoms with Gasteiger partial charge in [-0.3, -0.25) is 9.59 Å². The monoisotopic (exact) mass is 429 g/mol. The molecular weight excluding hydrogens is 414 g/mol. The van der Waals surface area contributed by atoms with Crippen LogP contribution >= 0.6 is 11.8 Å². The maximum Gasteiger partial charge on any atom is 0.255 e. The number of carbonyl (C=O) groups is 1. The molecular formula is C21H15N7O2S. The highest BCUT2D eigenvalue weighted by Gasteiger charge is 2.15. The topological polar surface area (TPSA) is 140 Å². The second-order valence-corrected chi connectivity index (χ2v) is 7.36. The minimum atomic E-state index is -0.337. The average molecular weight is 429 g/mol. The standard InChI is InChI=1S/C21H15N7O2S/c22-11-17-16(10-19(29)24-21(17)31-12-18-25-27-28-26-18)13-6-8-14(9-7-13)20(30)23-15-4-2-1-3-5-15/h1-10H,12H2,(H,23,30)(H,24,29)(H,25,26,27,28). The Balaban J connectivity index is 1.59. The van der Waals surface area contributed by atoms with E-state index in [1.165, 1.54) is 17.8 Å². The van der Waals surface area contributed by atoms with Crippen molar-refractivity contribution in [2.75, 3.05) is 5.32 Å². The molecule has 2 aromatic heterocycles. The molecule has 3 N–H and O–H groups in total. The van der Waals surface area contributed by atoms with E-state index in [0.29, 0.717) is 44.5 Å². The lowest BCUT2D eigenvalue weighted by molar-refractivity contribution is 0.102. The van der Waals surface area contributed by atoms with E-state index >= 15 is 0 Å². The number of hydrogen-bond donors (Lipinski definition) is 3. The predicted molar refractivity (Wildman–Crippen MR) is 115 cm³/mol. The van der Waals surface area contributed by atoms with Crippen LogP contribution in [-0.4, -0.2) is 31.5 Å². The largest absolute Gasteiger partial charge is 0.322 e. The molecule has 0 bridgehead atoms. The quantitative estimate of drug-likeness (QED) is 0.400. The number of carbonyl (C=O) groups excluding carboxylic acids is 1. The van der Waals surface area contributed by atoms with Gasteiger partial charge in [0, 0.05) is 22.9 Å². The van der Waals surface area contributed by atoms with Gasteiger partial charge >= 0.3 is 0 Å². The van der Waals surface area contributed by atoms with Crippen molar-refractivity contribution in [3.63, 3.8) is 0 Å². The molecule has 0 radical (unpaired) electrons. The third-order valence-corrected chi connectivity index (χ3v) is 5.34. The van der Waals surface area contributed by atoms with Gasteiger partial charge in [0.2, 0.25) is 5.56 Å². The zero-order valence-corrected chi connectivity index (χ0v) is 16.8. The summed E-state index contributed by atoms with van der Waals surface area (Å²) in [4.78, 5) is 27.3. The van der Waals surface area contributed by atoms with Crippen molar-refractivity contribution in [1.82, 2.24) is 25.6 Å². The first-order valence-electron chi connectivity index (χ1n) is 9.13. The minimum Gasteiger partial charge on any atom is -0.322 e. The summed E-state index contributed by atoms with van der Waals surface area (Å²) < 4.78 is 0. The molecule has 4 rings (SSSR count). The number of hydrogen-bond acceptors (Lipinski definition) is 7. The number of amides is 1. The van der Waals surface area contributed by atoms with Gasteiger partial charge in [-0.1, -0.05) is 47.3 Å². The highest BCUT2D eigenvalue weighted by molar-refractivity contribution is 7.98. The van der Waals surface area contributed by atoms with Gasteiger partial charge in [-0.2, -0.15) is 10.5 Å². The van der Waals surface area contributed by atoms with Gasteiger partial charge in [0.05, 0.1) is 16.3 Å². The lowest BCUT2D eigenvalue weighted by Crippen LogP contribution is -2.12. The third-order valence-electron chi connectivity index (χ3n) is 4.34. The van der Waals surface area contributed by atoms with Crippen LogP contribution in [-0.2, 0) is 5.75 Å². The molecule has 2 aromatic carbocycles. The van der Waals surface area contributed by atoms with Gasteiger partial charge in [-0.15, -0.1) is 10.2 Å². The molecule has 0 fully saturated rings. The Labute approximate surface area is 180 Å². The van der Waals surface area contributed by atoms with E-state index in [1.54, 1.807) is 36.4 Å². The van der Waals surface area contributed by atoms with E-state index in [1.807, 2.05) is 18.2 Å².